The Balaban J connectivity index is 1.95. The van der Waals surface area contributed by atoms with Crippen molar-refractivity contribution in [2.24, 2.45) is 4.99 Å². The van der Waals surface area contributed by atoms with Crippen molar-refractivity contribution in [2.75, 3.05) is 32.1 Å². The lowest BCUT2D eigenvalue weighted by Gasteiger charge is -2.44. The number of fused-ring (bicyclic) bond motifs is 2. The van der Waals surface area contributed by atoms with Gasteiger partial charge in [0.15, 0.2) is 0 Å². The van der Waals surface area contributed by atoms with Gasteiger partial charge < -0.3 is 4.90 Å². The molecule has 2 aliphatic rings. The monoisotopic (exact) mass is 365 g/mol. The van der Waals surface area contributed by atoms with Crippen LogP contribution in [-0.4, -0.2) is 59.8 Å². The number of hydrogen-bond donors (Lipinski definition) is 0. The highest BCUT2D eigenvalue weighted by atomic mass is 16.6. The van der Waals surface area contributed by atoms with Gasteiger partial charge in [-0.05, 0) is 25.2 Å². The van der Waals surface area contributed by atoms with Gasteiger partial charge in [-0.15, -0.1) is 0 Å². The summed E-state index contributed by atoms with van der Waals surface area (Å²) >= 11 is 0. The Kier molecular flexibility index (Phi) is 4.12. The largest absolute Gasteiger partial charge is 0.359 e. The first-order chi connectivity index (χ1) is 13.0. The number of hydrogen-bond acceptors (Lipinski definition) is 6. The minimum Gasteiger partial charge on any atom is -0.359 e. The number of amidine groups is 1. The number of nitro benzene ring substituents is 1. The van der Waals surface area contributed by atoms with Gasteiger partial charge in [0.25, 0.3) is 11.6 Å². The highest BCUT2D eigenvalue weighted by Crippen LogP contribution is 2.34. The Labute approximate surface area is 156 Å². The second-order valence-corrected chi connectivity index (χ2v) is 6.72. The van der Waals surface area contributed by atoms with E-state index in [2.05, 4.69) is 4.90 Å². The number of likely N-dealkylation sites (N-methyl/N-ethyl adjacent to an activating group) is 2. The highest BCUT2D eigenvalue weighted by Gasteiger charge is 2.40. The number of carbonyl (C=O) groups excluding carboxylic acids is 1. The fourth-order valence-electron chi connectivity index (χ4n) is 3.51. The number of carbonyl (C=O) groups is 1. The quantitative estimate of drug-likeness (QED) is 0.603. The van der Waals surface area contributed by atoms with Crippen LogP contribution in [-0.2, 0) is 0 Å². The molecule has 8 nitrogen and oxygen atoms in total. The molecule has 0 spiro atoms. The lowest BCUT2D eigenvalue weighted by atomic mass is 10.1. The van der Waals surface area contributed by atoms with Crippen molar-refractivity contribution in [1.29, 1.82) is 0 Å². The van der Waals surface area contributed by atoms with Gasteiger partial charge in [-0.3, -0.25) is 24.7 Å². The van der Waals surface area contributed by atoms with E-state index in [0.717, 1.165) is 18.8 Å². The number of benzene rings is 2. The van der Waals surface area contributed by atoms with E-state index in [4.69, 9.17) is 4.99 Å². The molecule has 2 aliphatic heterocycles. The van der Waals surface area contributed by atoms with Crippen LogP contribution in [0.2, 0.25) is 0 Å². The minimum atomic E-state index is -0.473. The van der Waals surface area contributed by atoms with Crippen LogP contribution in [0.5, 0.6) is 0 Å². The summed E-state index contributed by atoms with van der Waals surface area (Å²) in [6.45, 7) is 1.53. The van der Waals surface area contributed by atoms with Crippen LogP contribution in [0.3, 0.4) is 0 Å². The second kappa shape index (κ2) is 6.48. The van der Waals surface area contributed by atoms with Gasteiger partial charge in [-0.25, -0.2) is 4.99 Å². The molecule has 1 atom stereocenters. The van der Waals surface area contributed by atoms with Gasteiger partial charge in [0.05, 0.1) is 16.2 Å². The summed E-state index contributed by atoms with van der Waals surface area (Å²) in [6, 6.07) is 13.6. The molecule has 1 fully saturated rings. The average molecular weight is 365 g/mol. The molecule has 0 aromatic heterocycles. The molecule has 2 aromatic rings. The predicted octanol–water partition coefficient (Wildman–Crippen LogP) is 2.49. The third-order valence-electron chi connectivity index (χ3n) is 4.98. The van der Waals surface area contributed by atoms with Crippen LogP contribution < -0.4 is 4.90 Å². The van der Waals surface area contributed by atoms with E-state index >= 15 is 0 Å². The molecule has 0 radical (unpaired) electrons. The predicted molar refractivity (Wildman–Crippen MR) is 102 cm³/mol. The zero-order chi connectivity index (χ0) is 19.1. The fraction of sp³-hybridized carbons (Fsp3) is 0.263. The van der Waals surface area contributed by atoms with Crippen LogP contribution in [0.25, 0.3) is 0 Å². The van der Waals surface area contributed by atoms with Gasteiger partial charge in [0.1, 0.15) is 12.0 Å². The van der Waals surface area contributed by atoms with E-state index in [-0.39, 0.29) is 17.8 Å². The number of nitro groups is 1. The second-order valence-electron chi connectivity index (χ2n) is 6.72. The Morgan fingerprint density at radius 1 is 1.11 bits per heavy atom. The summed E-state index contributed by atoms with van der Waals surface area (Å²) in [5.41, 5.74) is 1.36. The maximum Gasteiger partial charge on any atom is 0.271 e. The number of piperazine rings is 1. The van der Waals surface area contributed by atoms with Gasteiger partial charge in [-0.2, -0.15) is 0 Å². The molecule has 0 aliphatic carbocycles. The van der Waals surface area contributed by atoms with Crippen LogP contribution in [0.1, 0.15) is 10.4 Å². The lowest BCUT2D eigenvalue weighted by Crippen LogP contribution is -2.62. The number of non-ortho nitro benzene ring substituents is 1. The lowest BCUT2D eigenvalue weighted by molar-refractivity contribution is -0.384. The number of aliphatic imine (C=N–C) groups is 1. The van der Waals surface area contributed by atoms with Gasteiger partial charge >= 0.3 is 0 Å². The summed E-state index contributed by atoms with van der Waals surface area (Å²) in [4.78, 5) is 34.7. The smallest absolute Gasteiger partial charge is 0.271 e. The standard InChI is InChI=1S/C19H19N5O3/c1-21-10-11-22(2)18-17(21)20-16-12-14(24(26)27)8-9-15(16)19(25)23(18)13-6-4-3-5-7-13/h3-9,12,18H,10-11H2,1-2H3. The van der Waals surface area contributed by atoms with E-state index in [9.17, 15) is 14.9 Å². The number of amides is 1. The molecular weight excluding hydrogens is 346 g/mol. The van der Waals surface area contributed by atoms with Crippen molar-refractivity contribution >= 4 is 28.8 Å². The summed E-state index contributed by atoms with van der Waals surface area (Å²) in [5.74, 6) is 0.470. The number of anilines is 1. The molecule has 1 amide bonds. The molecule has 2 heterocycles. The van der Waals surface area contributed by atoms with Crippen molar-refractivity contribution in [1.82, 2.24) is 9.80 Å². The molecule has 2 aromatic carbocycles. The van der Waals surface area contributed by atoms with Crippen molar-refractivity contribution in [3.8, 4) is 0 Å². The van der Waals surface area contributed by atoms with E-state index in [0.29, 0.717) is 17.1 Å². The van der Waals surface area contributed by atoms with E-state index < -0.39 is 4.92 Å². The van der Waals surface area contributed by atoms with Crippen molar-refractivity contribution in [3.05, 3.63) is 64.2 Å². The van der Waals surface area contributed by atoms with Crippen LogP contribution in [0, 0.1) is 10.1 Å². The molecule has 8 heteroatoms. The minimum absolute atomic E-state index is 0.0811. The fourth-order valence-corrected chi connectivity index (χ4v) is 3.51. The van der Waals surface area contributed by atoms with E-state index in [1.165, 1.54) is 18.2 Å². The molecule has 0 N–H and O–H groups in total. The Morgan fingerprint density at radius 3 is 2.56 bits per heavy atom. The zero-order valence-electron chi connectivity index (χ0n) is 15.1. The summed E-state index contributed by atoms with van der Waals surface area (Å²) in [7, 11) is 3.88. The third kappa shape index (κ3) is 2.83. The third-order valence-corrected chi connectivity index (χ3v) is 4.98. The molecule has 27 heavy (non-hydrogen) atoms. The van der Waals surface area contributed by atoms with Gasteiger partial charge in [-0.1, -0.05) is 18.2 Å². The SMILES string of the molecule is CN1CCN(C)C2C1=Nc1cc([N+](=O)[O-])ccc1C(=O)N2c1ccccc1. The molecule has 0 saturated carbocycles. The number of para-hydroxylation sites is 1. The molecule has 138 valence electrons. The van der Waals surface area contributed by atoms with Gasteiger partial charge in [0, 0.05) is 38.0 Å². The first-order valence-electron chi connectivity index (χ1n) is 8.64. The Bertz CT molecular complexity index is 944. The molecule has 4 rings (SSSR count). The summed E-state index contributed by atoms with van der Waals surface area (Å²) < 4.78 is 0. The Hall–Kier alpha value is -3.26. The van der Waals surface area contributed by atoms with Gasteiger partial charge in [0.2, 0.25) is 0 Å². The van der Waals surface area contributed by atoms with Crippen LogP contribution in [0.4, 0.5) is 17.1 Å². The average Bonchev–Trinajstić information content (AvgIpc) is 2.80. The normalized spacial score (nSPS) is 19.9. The topological polar surface area (TPSA) is 82.3 Å². The maximum atomic E-state index is 13.5. The summed E-state index contributed by atoms with van der Waals surface area (Å²) in [5, 5.41) is 11.2. The maximum absolute atomic E-state index is 13.5. The molecular formula is C19H19N5O3. The molecule has 1 saturated heterocycles. The first-order valence-corrected chi connectivity index (χ1v) is 8.64. The zero-order valence-corrected chi connectivity index (χ0v) is 15.1. The summed E-state index contributed by atoms with van der Waals surface area (Å²) in [6.07, 6.45) is -0.384. The highest BCUT2D eigenvalue weighted by molar-refractivity contribution is 6.15. The van der Waals surface area contributed by atoms with Crippen LogP contribution in [0.15, 0.2) is 53.5 Å². The first kappa shape index (κ1) is 17.2. The van der Waals surface area contributed by atoms with E-state index in [1.807, 2.05) is 49.3 Å². The van der Waals surface area contributed by atoms with Crippen molar-refractivity contribution < 1.29 is 9.72 Å². The number of nitrogens with zero attached hydrogens (tertiary/aromatic N) is 5. The van der Waals surface area contributed by atoms with Crippen LogP contribution >= 0.6 is 0 Å². The van der Waals surface area contributed by atoms with E-state index in [1.54, 1.807) is 4.90 Å². The van der Waals surface area contributed by atoms with Crippen molar-refractivity contribution in [3.63, 3.8) is 0 Å². The molecule has 1 unspecified atom stereocenters. The number of rotatable bonds is 2. The Morgan fingerprint density at radius 2 is 1.85 bits per heavy atom. The molecule has 0 bridgehead atoms. The van der Waals surface area contributed by atoms with Crippen molar-refractivity contribution in [2.45, 2.75) is 6.17 Å².